The highest BCUT2D eigenvalue weighted by Gasteiger charge is 2.31. The van der Waals surface area contributed by atoms with Crippen molar-refractivity contribution in [2.45, 2.75) is 37.9 Å². The van der Waals surface area contributed by atoms with Crippen molar-refractivity contribution in [2.75, 3.05) is 33.7 Å². The van der Waals surface area contributed by atoms with Crippen LogP contribution in [0.25, 0.3) is 0 Å². The predicted molar refractivity (Wildman–Crippen MR) is 83.7 cm³/mol. The number of hydrogen-bond donors (Lipinski definition) is 1. The highest BCUT2D eigenvalue weighted by atomic mass is 32.2. The monoisotopic (exact) mass is 314 g/mol. The van der Waals surface area contributed by atoms with Crippen LogP contribution in [0.1, 0.15) is 19.5 Å². The minimum atomic E-state index is -3.39. The molecule has 1 unspecified atom stereocenters. The van der Waals surface area contributed by atoms with E-state index in [-0.39, 0.29) is 6.04 Å². The van der Waals surface area contributed by atoms with Crippen LogP contribution in [0.5, 0.6) is 0 Å². The molecule has 0 bridgehead atoms. The number of rotatable bonds is 5. The first-order valence-corrected chi connectivity index (χ1v) is 8.88. The van der Waals surface area contributed by atoms with Crippen molar-refractivity contribution in [3.05, 3.63) is 18.0 Å². The quantitative estimate of drug-likeness (QED) is 0.862. The van der Waals surface area contributed by atoms with Crippen LogP contribution in [0.4, 0.5) is 0 Å². The molecule has 7 heteroatoms. The van der Waals surface area contributed by atoms with Crippen molar-refractivity contribution in [1.29, 1.82) is 0 Å². The summed E-state index contributed by atoms with van der Waals surface area (Å²) in [6.45, 7) is 7.41. The highest BCUT2D eigenvalue weighted by molar-refractivity contribution is 7.89. The number of aryl methyl sites for hydroxylation is 1. The number of hydrogen-bond acceptors (Lipinski definition) is 4. The third-order valence-electron chi connectivity index (χ3n) is 4.22. The Morgan fingerprint density at radius 1 is 1.38 bits per heavy atom. The Labute approximate surface area is 127 Å². The van der Waals surface area contributed by atoms with Crippen LogP contribution in [0.2, 0.25) is 0 Å². The molecule has 0 saturated carbocycles. The molecule has 1 fully saturated rings. The fourth-order valence-electron chi connectivity index (χ4n) is 2.67. The SMILES string of the molecule is CCn1cc(S(=O)(=O)N2CCN(C)C(C)C2)cc1CNC. The fraction of sp³-hybridized carbons (Fsp3) is 0.714. The van der Waals surface area contributed by atoms with E-state index in [0.717, 1.165) is 18.8 Å². The lowest BCUT2D eigenvalue weighted by molar-refractivity contribution is 0.159. The lowest BCUT2D eigenvalue weighted by atomic mass is 10.2. The van der Waals surface area contributed by atoms with Gasteiger partial charge in [0.15, 0.2) is 0 Å². The average Bonchev–Trinajstić information content (AvgIpc) is 2.86. The number of nitrogens with zero attached hydrogens (tertiary/aromatic N) is 3. The van der Waals surface area contributed by atoms with E-state index in [4.69, 9.17) is 0 Å². The van der Waals surface area contributed by atoms with Crippen LogP contribution in [0.3, 0.4) is 0 Å². The Hall–Kier alpha value is -0.890. The third kappa shape index (κ3) is 3.31. The first-order chi connectivity index (χ1) is 9.90. The second kappa shape index (κ2) is 6.48. The standard InChI is InChI=1S/C14H26N4O2S/c1-5-17-11-14(8-13(17)9-15-3)21(19,20)18-7-6-16(4)12(2)10-18/h8,11-12,15H,5-7,9-10H2,1-4H3. The normalized spacial score (nSPS) is 21.8. The minimum Gasteiger partial charge on any atom is -0.349 e. The molecule has 2 heterocycles. The van der Waals surface area contributed by atoms with Gasteiger partial charge in [-0.25, -0.2) is 8.42 Å². The molecule has 1 aliphatic rings. The summed E-state index contributed by atoms with van der Waals surface area (Å²) in [5.41, 5.74) is 1.00. The summed E-state index contributed by atoms with van der Waals surface area (Å²) in [5, 5.41) is 3.08. The van der Waals surface area contributed by atoms with Gasteiger partial charge >= 0.3 is 0 Å². The second-order valence-corrected chi connectivity index (χ2v) is 7.61. The van der Waals surface area contributed by atoms with Crippen molar-refractivity contribution in [1.82, 2.24) is 19.1 Å². The van der Waals surface area contributed by atoms with E-state index in [1.807, 2.05) is 25.6 Å². The number of aromatic nitrogens is 1. The summed E-state index contributed by atoms with van der Waals surface area (Å²) >= 11 is 0. The lowest BCUT2D eigenvalue weighted by Gasteiger charge is -2.36. The molecule has 0 spiro atoms. The van der Waals surface area contributed by atoms with Gasteiger partial charge in [-0.1, -0.05) is 0 Å². The summed E-state index contributed by atoms with van der Waals surface area (Å²) < 4.78 is 29.2. The lowest BCUT2D eigenvalue weighted by Crippen LogP contribution is -2.51. The van der Waals surface area contributed by atoms with Gasteiger partial charge in [-0.05, 0) is 34.0 Å². The van der Waals surface area contributed by atoms with E-state index in [1.165, 1.54) is 0 Å². The zero-order valence-electron chi connectivity index (χ0n) is 13.3. The van der Waals surface area contributed by atoms with Gasteiger partial charge < -0.3 is 14.8 Å². The summed E-state index contributed by atoms with van der Waals surface area (Å²) in [4.78, 5) is 2.60. The topological polar surface area (TPSA) is 57.6 Å². The maximum absolute atomic E-state index is 12.8. The molecule has 0 radical (unpaired) electrons. The van der Waals surface area contributed by atoms with E-state index in [1.54, 1.807) is 16.6 Å². The fourth-order valence-corrected chi connectivity index (χ4v) is 4.25. The third-order valence-corrected chi connectivity index (χ3v) is 6.05. The summed E-state index contributed by atoms with van der Waals surface area (Å²) in [6, 6.07) is 2.04. The van der Waals surface area contributed by atoms with E-state index in [2.05, 4.69) is 17.1 Å². The number of sulfonamides is 1. The molecule has 21 heavy (non-hydrogen) atoms. The van der Waals surface area contributed by atoms with E-state index >= 15 is 0 Å². The largest absolute Gasteiger partial charge is 0.349 e. The molecule has 1 N–H and O–H groups in total. The first-order valence-electron chi connectivity index (χ1n) is 7.44. The smallest absolute Gasteiger partial charge is 0.244 e. The Bertz CT molecular complexity index is 582. The van der Waals surface area contributed by atoms with Crippen molar-refractivity contribution < 1.29 is 8.42 Å². The molecule has 1 aliphatic heterocycles. The van der Waals surface area contributed by atoms with Crippen LogP contribution < -0.4 is 5.32 Å². The number of piperazine rings is 1. The molecule has 0 aromatic carbocycles. The molecule has 1 saturated heterocycles. The van der Waals surface area contributed by atoms with Crippen LogP contribution in [-0.2, 0) is 23.1 Å². The van der Waals surface area contributed by atoms with Gasteiger partial charge in [0.25, 0.3) is 0 Å². The van der Waals surface area contributed by atoms with E-state index in [9.17, 15) is 8.42 Å². The molecule has 6 nitrogen and oxygen atoms in total. The van der Waals surface area contributed by atoms with Crippen molar-refractivity contribution in [2.24, 2.45) is 0 Å². The maximum atomic E-state index is 12.8. The van der Waals surface area contributed by atoms with E-state index in [0.29, 0.717) is 24.5 Å². The van der Waals surface area contributed by atoms with Crippen molar-refractivity contribution >= 4 is 10.0 Å². The Balaban J connectivity index is 2.27. The average molecular weight is 314 g/mol. The predicted octanol–water partition coefficient (Wildman–Crippen LogP) is 0.552. The molecule has 0 amide bonds. The second-order valence-electron chi connectivity index (χ2n) is 5.68. The molecule has 120 valence electrons. The Morgan fingerprint density at radius 3 is 2.67 bits per heavy atom. The van der Waals surface area contributed by atoms with Gasteiger partial charge in [0.05, 0.1) is 0 Å². The van der Waals surface area contributed by atoms with Gasteiger partial charge in [-0.3, -0.25) is 0 Å². The highest BCUT2D eigenvalue weighted by Crippen LogP contribution is 2.22. The number of nitrogens with one attached hydrogen (secondary N) is 1. The molecule has 0 aliphatic carbocycles. The number of likely N-dealkylation sites (N-methyl/N-ethyl adjacent to an activating group) is 1. The molecule has 1 atom stereocenters. The van der Waals surface area contributed by atoms with Gasteiger partial charge in [0.2, 0.25) is 10.0 Å². The van der Waals surface area contributed by atoms with Crippen LogP contribution in [0, 0.1) is 0 Å². The summed E-state index contributed by atoms with van der Waals surface area (Å²) in [7, 11) is 0.509. The molecule has 1 aromatic rings. The summed E-state index contributed by atoms with van der Waals surface area (Å²) in [5.74, 6) is 0. The molecular formula is C14H26N4O2S. The van der Waals surface area contributed by atoms with Crippen molar-refractivity contribution in [3.8, 4) is 0 Å². The summed E-state index contributed by atoms with van der Waals surface area (Å²) in [6.07, 6.45) is 1.75. The molecule has 2 rings (SSSR count). The zero-order chi connectivity index (χ0) is 15.6. The van der Waals surface area contributed by atoms with Gasteiger partial charge in [-0.2, -0.15) is 4.31 Å². The van der Waals surface area contributed by atoms with Crippen LogP contribution in [-0.4, -0.2) is 62.0 Å². The van der Waals surface area contributed by atoms with Crippen LogP contribution >= 0.6 is 0 Å². The zero-order valence-corrected chi connectivity index (χ0v) is 14.2. The van der Waals surface area contributed by atoms with Crippen molar-refractivity contribution in [3.63, 3.8) is 0 Å². The first kappa shape index (κ1) is 16.5. The van der Waals surface area contributed by atoms with Crippen LogP contribution in [0.15, 0.2) is 17.2 Å². The maximum Gasteiger partial charge on any atom is 0.244 e. The molecular weight excluding hydrogens is 288 g/mol. The Morgan fingerprint density at radius 2 is 2.10 bits per heavy atom. The van der Waals surface area contributed by atoms with Gasteiger partial charge in [0.1, 0.15) is 4.90 Å². The van der Waals surface area contributed by atoms with E-state index < -0.39 is 10.0 Å². The molecule has 1 aromatic heterocycles. The van der Waals surface area contributed by atoms with Gasteiger partial charge in [0, 0.05) is 50.7 Å². The minimum absolute atomic E-state index is 0.249. The van der Waals surface area contributed by atoms with Gasteiger partial charge in [-0.15, -0.1) is 0 Å². The Kier molecular flexibility index (Phi) is 5.08.